The van der Waals surface area contributed by atoms with E-state index in [1.807, 2.05) is 6.92 Å². The van der Waals surface area contributed by atoms with Gasteiger partial charge in [-0.1, -0.05) is 71.1 Å². The third-order valence-electron chi connectivity index (χ3n) is 5.74. The Hall–Kier alpha value is -0.200. The van der Waals surface area contributed by atoms with E-state index < -0.39 is 0 Å². The van der Waals surface area contributed by atoms with Gasteiger partial charge in [0, 0.05) is 50.3 Å². The maximum Gasteiger partial charge on any atom is 0.0164 e. The van der Waals surface area contributed by atoms with Gasteiger partial charge in [0.1, 0.15) is 0 Å². The second kappa shape index (κ2) is 22.0. The van der Waals surface area contributed by atoms with Crippen molar-refractivity contribution in [1.82, 2.24) is 21.3 Å². The van der Waals surface area contributed by atoms with Gasteiger partial charge in [-0.25, -0.2) is 0 Å². The maximum absolute atomic E-state index is 5.79. The van der Waals surface area contributed by atoms with Gasteiger partial charge in [-0.3, -0.25) is 0 Å². The van der Waals surface area contributed by atoms with E-state index in [4.69, 9.17) is 5.73 Å². The van der Waals surface area contributed by atoms with Crippen LogP contribution in [0.4, 0.5) is 0 Å². The Balaban J connectivity index is 3.37. The van der Waals surface area contributed by atoms with Crippen molar-refractivity contribution < 1.29 is 0 Å². The van der Waals surface area contributed by atoms with E-state index in [9.17, 15) is 0 Å². The molecule has 0 fully saturated rings. The molecule has 0 rings (SSSR count). The van der Waals surface area contributed by atoms with Gasteiger partial charge in [0.05, 0.1) is 0 Å². The highest BCUT2D eigenvalue weighted by molar-refractivity contribution is 4.73. The van der Waals surface area contributed by atoms with Crippen molar-refractivity contribution in [3.8, 4) is 0 Å². The van der Waals surface area contributed by atoms with Crippen molar-refractivity contribution in [3.63, 3.8) is 0 Å². The Morgan fingerprint density at radius 1 is 0.533 bits per heavy atom. The van der Waals surface area contributed by atoms with Crippen molar-refractivity contribution in [2.45, 2.75) is 129 Å². The van der Waals surface area contributed by atoms with Gasteiger partial charge in [-0.15, -0.1) is 0 Å². The second-order valence-electron chi connectivity index (χ2n) is 9.64. The minimum Gasteiger partial charge on any atom is -0.327 e. The Kier molecular flexibility index (Phi) is 21.9. The first-order valence-corrected chi connectivity index (χ1v) is 13.1. The van der Waals surface area contributed by atoms with Crippen LogP contribution >= 0.6 is 0 Å². The zero-order valence-corrected chi connectivity index (χ0v) is 21.2. The van der Waals surface area contributed by atoms with E-state index in [2.05, 4.69) is 49.0 Å². The van der Waals surface area contributed by atoms with Crippen LogP contribution < -0.4 is 27.0 Å². The normalized spacial score (nSPS) is 15.8. The van der Waals surface area contributed by atoms with E-state index >= 15 is 0 Å². The molecule has 0 aliphatic rings. The molecule has 5 heteroatoms. The molecule has 0 saturated heterocycles. The average molecular weight is 428 g/mol. The summed E-state index contributed by atoms with van der Waals surface area (Å²) in [5.41, 5.74) is 5.79. The van der Waals surface area contributed by atoms with Crippen LogP contribution in [0.5, 0.6) is 0 Å². The molecular formula is C25H57N5. The maximum atomic E-state index is 5.79. The highest BCUT2D eigenvalue weighted by Gasteiger charge is 2.07. The third-order valence-corrected chi connectivity index (χ3v) is 5.74. The van der Waals surface area contributed by atoms with E-state index in [1.165, 1.54) is 70.6 Å². The minimum atomic E-state index is 0.213. The molecule has 0 aromatic heterocycles. The topological polar surface area (TPSA) is 74.1 Å². The molecule has 0 bridgehead atoms. The molecule has 182 valence electrons. The zero-order chi connectivity index (χ0) is 22.5. The van der Waals surface area contributed by atoms with Crippen molar-refractivity contribution in [1.29, 1.82) is 0 Å². The molecule has 0 aliphatic heterocycles. The number of nitrogens with two attached hydrogens (primary N) is 1. The number of rotatable bonds is 23. The summed E-state index contributed by atoms with van der Waals surface area (Å²) >= 11 is 0. The summed E-state index contributed by atoms with van der Waals surface area (Å²) in [5.74, 6) is 0. The molecule has 6 N–H and O–H groups in total. The summed E-state index contributed by atoms with van der Waals surface area (Å²) in [7, 11) is 0. The quantitative estimate of drug-likeness (QED) is 0.158. The molecule has 0 spiro atoms. The lowest BCUT2D eigenvalue weighted by atomic mass is 10.1. The van der Waals surface area contributed by atoms with E-state index in [0.29, 0.717) is 18.1 Å². The summed E-state index contributed by atoms with van der Waals surface area (Å²) in [5, 5.41) is 14.3. The molecule has 0 saturated carbocycles. The zero-order valence-electron chi connectivity index (χ0n) is 21.2. The van der Waals surface area contributed by atoms with Crippen LogP contribution in [0.3, 0.4) is 0 Å². The lowest BCUT2D eigenvalue weighted by Crippen LogP contribution is -2.47. The summed E-state index contributed by atoms with van der Waals surface area (Å²) in [4.78, 5) is 0. The van der Waals surface area contributed by atoms with Gasteiger partial charge < -0.3 is 27.0 Å². The average Bonchev–Trinajstić information content (AvgIpc) is 2.72. The molecule has 4 unspecified atom stereocenters. The van der Waals surface area contributed by atoms with Gasteiger partial charge in [-0.05, 0) is 40.7 Å². The number of unbranched alkanes of at least 4 members (excludes halogenated alkanes) is 10. The van der Waals surface area contributed by atoms with Gasteiger partial charge in [0.2, 0.25) is 0 Å². The van der Waals surface area contributed by atoms with Crippen LogP contribution in [0.2, 0.25) is 0 Å². The lowest BCUT2D eigenvalue weighted by Gasteiger charge is -2.22. The highest BCUT2D eigenvalue weighted by atomic mass is 15.0. The van der Waals surface area contributed by atoms with Crippen LogP contribution in [0.25, 0.3) is 0 Å². The summed E-state index contributed by atoms with van der Waals surface area (Å²) in [6.07, 6.45) is 15.5. The van der Waals surface area contributed by atoms with E-state index in [1.54, 1.807) is 0 Å². The summed E-state index contributed by atoms with van der Waals surface area (Å²) in [6, 6.07) is 1.64. The predicted molar refractivity (Wildman–Crippen MR) is 135 cm³/mol. The van der Waals surface area contributed by atoms with Gasteiger partial charge >= 0.3 is 0 Å². The molecule has 0 heterocycles. The molecule has 4 atom stereocenters. The second-order valence-corrected chi connectivity index (χ2v) is 9.64. The molecule has 30 heavy (non-hydrogen) atoms. The standard InChI is InChI=1S/C25H57N5/c1-6-7-8-9-10-11-12-13-14-15-16-17-27-19-23(3)29-21-25(5)30-20-24(4)28-18-22(2)26/h22-25,27-30H,6-21,26H2,1-5H3. The Labute approximate surface area is 189 Å². The van der Waals surface area contributed by atoms with Crippen molar-refractivity contribution in [3.05, 3.63) is 0 Å². The van der Waals surface area contributed by atoms with Gasteiger partial charge in [0.15, 0.2) is 0 Å². The minimum absolute atomic E-state index is 0.213. The highest BCUT2D eigenvalue weighted by Crippen LogP contribution is 2.10. The van der Waals surface area contributed by atoms with Crippen molar-refractivity contribution in [2.24, 2.45) is 5.73 Å². The van der Waals surface area contributed by atoms with Gasteiger partial charge in [0.25, 0.3) is 0 Å². The molecule has 0 aromatic rings. The Morgan fingerprint density at radius 3 is 1.40 bits per heavy atom. The van der Waals surface area contributed by atoms with Crippen LogP contribution in [-0.4, -0.2) is 56.9 Å². The van der Waals surface area contributed by atoms with Crippen molar-refractivity contribution >= 4 is 0 Å². The van der Waals surface area contributed by atoms with E-state index in [-0.39, 0.29) is 6.04 Å². The van der Waals surface area contributed by atoms with Crippen LogP contribution in [0, 0.1) is 0 Å². The third kappa shape index (κ3) is 22.5. The first-order valence-electron chi connectivity index (χ1n) is 13.1. The summed E-state index contributed by atoms with van der Waals surface area (Å²) < 4.78 is 0. The molecular weight excluding hydrogens is 370 g/mol. The van der Waals surface area contributed by atoms with Crippen LogP contribution in [0.15, 0.2) is 0 Å². The molecule has 0 aliphatic carbocycles. The molecule has 5 nitrogen and oxygen atoms in total. The number of hydrogen-bond donors (Lipinski definition) is 5. The number of nitrogens with one attached hydrogen (secondary N) is 4. The molecule has 0 amide bonds. The summed E-state index contributed by atoms with van der Waals surface area (Å²) in [6.45, 7) is 16.1. The van der Waals surface area contributed by atoms with Crippen LogP contribution in [0.1, 0.15) is 105 Å². The first kappa shape index (κ1) is 29.8. The fourth-order valence-electron chi connectivity index (χ4n) is 3.59. The fourth-order valence-corrected chi connectivity index (χ4v) is 3.59. The molecule has 0 radical (unpaired) electrons. The molecule has 0 aromatic carbocycles. The number of hydrogen-bond acceptors (Lipinski definition) is 5. The fraction of sp³-hybridized carbons (Fsp3) is 1.00. The lowest BCUT2D eigenvalue weighted by molar-refractivity contribution is 0.414. The van der Waals surface area contributed by atoms with Crippen LogP contribution in [-0.2, 0) is 0 Å². The predicted octanol–water partition coefficient (Wildman–Crippen LogP) is 4.17. The largest absolute Gasteiger partial charge is 0.327 e. The smallest absolute Gasteiger partial charge is 0.0164 e. The first-order chi connectivity index (χ1) is 14.5. The van der Waals surface area contributed by atoms with Crippen molar-refractivity contribution in [2.75, 3.05) is 32.7 Å². The van der Waals surface area contributed by atoms with Gasteiger partial charge in [-0.2, -0.15) is 0 Å². The Morgan fingerprint density at radius 2 is 0.933 bits per heavy atom. The SMILES string of the molecule is CCCCCCCCCCCCCNCC(C)NCC(C)NCC(C)NCC(C)N. The monoisotopic (exact) mass is 427 g/mol. The van der Waals surface area contributed by atoms with E-state index in [0.717, 1.165) is 32.7 Å². The Bertz CT molecular complexity index is 338.